The fourth-order valence-electron chi connectivity index (χ4n) is 2.19. The van der Waals surface area contributed by atoms with E-state index in [2.05, 4.69) is 25.8 Å². The molecule has 0 atom stereocenters. The minimum Gasteiger partial charge on any atom is -0.339 e. The van der Waals surface area contributed by atoms with Crippen LogP contribution >= 0.6 is 11.6 Å². The molecule has 3 rings (SSSR count). The number of hydrogen-bond acceptors (Lipinski definition) is 5. The quantitative estimate of drug-likeness (QED) is 0.640. The van der Waals surface area contributed by atoms with Crippen molar-refractivity contribution >= 4 is 34.7 Å². The first-order valence-corrected chi connectivity index (χ1v) is 7.86. The lowest BCUT2D eigenvalue weighted by Crippen LogP contribution is -2.05. The Hall–Kier alpha value is -2.87. The molecule has 0 amide bonds. The van der Waals surface area contributed by atoms with Crippen molar-refractivity contribution in [2.75, 3.05) is 10.6 Å². The first-order valence-electron chi connectivity index (χ1n) is 7.48. The van der Waals surface area contributed by atoms with Gasteiger partial charge in [0.25, 0.3) is 0 Å². The topological polar surface area (TPSA) is 62.7 Å². The lowest BCUT2D eigenvalue weighted by atomic mass is 10.2. The van der Waals surface area contributed by atoms with Gasteiger partial charge in [0.1, 0.15) is 0 Å². The summed E-state index contributed by atoms with van der Waals surface area (Å²) in [6.45, 7) is 1.89. The van der Waals surface area contributed by atoms with Crippen LogP contribution in [0.15, 0.2) is 48.7 Å². The van der Waals surface area contributed by atoms with E-state index in [1.165, 1.54) is 18.3 Å². The van der Waals surface area contributed by atoms with E-state index in [9.17, 15) is 13.2 Å². The standard InChI is InChI=1S/C17H13ClF3N5/c1-10-8-12(18)4-7-14(10)24-15-9-22-26-16(25-15)23-13-5-2-11(3-6-13)17(19,20)21/h2-9H,1H3,(H2,23,24,25,26). The van der Waals surface area contributed by atoms with Gasteiger partial charge in [0, 0.05) is 16.4 Å². The van der Waals surface area contributed by atoms with Crippen LogP contribution in [0.25, 0.3) is 0 Å². The van der Waals surface area contributed by atoms with Crippen molar-refractivity contribution < 1.29 is 13.2 Å². The predicted molar refractivity (Wildman–Crippen MR) is 94.0 cm³/mol. The van der Waals surface area contributed by atoms with Gasteiger partial charge in [-0.05, 0) is 55.0 Å². The third-order valence-corrected chi connectivity index (χ3v) is 3.71. The van der Waals surface area contributed by atoms with Crippen LogP contribution in [0, 0.1) is 6.92 Å². The molecule has 0 saturated heterocycles. The average Bonchev–Trinajstić information content (AvgIpc) is 2.57. The maximum Gasteiger partial charge on any atom is 0.416 e. The van der Waals surface area contributed by atoms with E-state index in [1.54, 1.807) is 12.1 Å². The molecular weight excluding hydrogens is 367 g/mol. The summed E-state index contributed by atoms with van der Waals surface area (Å²) in [5.74, 6) is 0.584. The largest absolute Gasteiger partial charge is 0.416 e. The summed E-state index contributed by atoms with van der Waals surface area (Å²) >= 11 is 5.93. The van der Waals surface area contributed by atoms with Gasteiger partial charge in [0.15, 0.2) is 5.82 Å². The Bertz CT molecular complexity index is 913. The fourth-order valence-corrected chi connectivity index (χ4v) is 2.42. The number of halogens is 4. The second-order valence-corrected chi connectivity index (χ2v) is 5.89. The molecule has 0 spiro atoms. The fraction of sp³-hybridized carbons (Fsp3) is 0.118. The molecule has 0 fully saturated rings. The van der Waals surface area contributed by atoms with Crippen LogP contribution in [0.1, 0.15) is 11.1 Å². The summed E-state index contributed by atoms with van der Waals surface area (Å²) in [7, 11) is 0. The van der Waals surface area contributed by atoms with Crippen LogP contribution < -0.4 is 10.6 Å². The number of nitrogens with zero attached hydrogens (tertiary/aromatic N) is 3. The highest BCUT2D eigenvalue weighted by Gasteiger charge is 2.29. The SMILES string of the molecule is Cc1cc(Cl)ccc1Nc1cnnc(Nc2ccc(C(F)(F)F)cc2)n1. The monoisotopic (exact) mass is 379 g/mol. The molecule has 0 unspecified atom stereocenters. The molecule has 2 N–H and O–H groups in total. The van der Waals surface area contributed by atoms with Crippen molar-refractivity contribution in [1.82, 2.24) is 15.2 Å². The number of anilines is 4. The van der Waals surface area contributed by atoms with Gasteiger partial charge >= 0.3 is 6.18 Å². The lowest BCUT2D eigenvalue weighted by Gasteiger charge is -2.11. The van der Waals surface area contributed by atoms with Gasteiger partial charge in [-0.25, -0.2) is 0 Å². The van der Waals surface area contributed by atoms with Gasteiger partial charge in [-0.15, -0.1) is 5.10 Å². The molecule has 1 aromatic heterocycles. The van der Waals surface area contributed by atoms with Crippen LogP contribution in [0.3, 0.4) is 0 Å². The van der Waals surface area contributed by atoms with Gasteiger partial charge in [-0.1, -0.05) is 11.6 Å². The number of benzene rings is 2. The van der Waals surface area contributed by atoms with Crippen molar-refractivity contribution in [3.05, 3.63) is 64.8 Å². The van der Waals surface area contributed by atoms with Crippen molar-refractivity contribution in [2.24, 2.45) is 0 Å². The van der Waals surface area contributed by atoms with Crippen LogP contribution in [-0.2, 0) is 6.18 Å². The Kier molecular flexibility index (Phi) is 4.94. The van der Waals surface area contributed by atoms with Crippen molar-refractivity contribution in [2.45, 2.75) is 13.1 Å². The summed E-state index contributed by atoms with van der Waals surface area (Å²) in [5.41, 5.74) is 1.42. The van der Waals surface area contributed by atoms with Crippen molar-refractivity contribution in [3.8, 4) is 0 Å². The minimum absolute atomic E-state index is 0.154. The molecule has 5 nitrogen and oxygen atoms in total. The molecule has 0 bridgehead atoms. The van der Waals surface area contributed by atoms with Gasteiger partial charge in [-0.3, -0.25) is 0 Å². The molecule has 0 aliphatic carbocycles. The molecule has 0 saturated carbocycles. The van der Waals surface area contributed by atoms with E-state index in [-0.39, 0.29) is 5.95 Å². The predicted octanol–water partition coefficient (Wildman–Crippen LogP) is 5.34. The highest BCUT2D eigenvalue weighted by atomic mass is 35.5. The number of alkyl halides is 3. The molecular formula is C17H13ClF3N5. The third kappa shape index (κ3) is 4.40. The molecule has 26 heavy (non-hydrogen) atoms. The van der Waals surface area contributed by atoms with E-state index in [0.29, 0.717) is 16.5 Å². The minimum atomic E-state index is -4.38. The number of nitrogens with one attached hydrogen (secondary N) is 2. The summed E-state index contributed by atoms with van der Waals surface area (Å²) < 4.78 is 37.8. The smallest absolute Gasteiger partial charge is 0.339 e. The van der Waals surface area contributed by atoms with Crippen LogP contribution in [0.5, 0.6) is 0 Å². The second-order valence-electron chi connectivity index (χ2n) is 5.45. The zero-order valence-corrected chi connectivity index (χ0v) is 14.2. The Labute approximate surface area is 152 Å². The number of hydrogen-bond donors (Lipinski definition) is 2. The van der Waals surface area contributed by atoms with E-state index in [0.717, 1.165) is 23.4 Å². The van der Waals surface area contributed by atoms with Gasteiger partial charge in [-0.2, -0.15) is 23.3 Å². The van der Waals surface area contributed by atoms with Crippen molar-refractivity contribution in [3.63, 3.8) is 0 Å². The van der Waals surface area contributed by atoms with Gasteiger partial charge < -0.3 is 10.6 Å². The molecule has 9 heteroatoms. The van der Waals surface area contributed by atoms with Crippen LogP contribution in [0.4, 0.5) is 36.3 Å². The molecule has 0 radical (unpaired) electrons. The van der Waals surface area contributed by atoms with E-state index >= 15 is 0 Å². The van der Waals surface area contributed by atoms with Gasteiger partial charge in [0.05, 0.1) is 11.8 Å². The van der Waals surface area contributed by atoms with Crippen molar-refractivity contribution in [1.29, 1.82) is 0 Å². The highest BCUT2D eigenvalue weighted by molar-refractivity contribution is 6.30. The Balaban J connectivity index is 1.75. The Morgan fingerprint density at radius 3 is 2.38 bits per heavy atom. The first kappa shape index (κ1) is 17.9. The maximum absolute atomic E-state index is 12.6. The summed E-state index contributed by atoms with van der Waals surface area (Å²) in [6, 6.07) is 9.92. The molecule has 134 valence electrons. The molecule has 1 heterocycles. The Morgan fingerprint density at radius 1 is 1.00 bits per heavy atom. The molecule has 3 aromatic rings. The molecule has 0 aliphatic rings. The number of rotatable bonds is 4. The zero-order valence-electron chi connectivity index (χ0n) is 13.5. The van der Waals surface area contributed by atoms with Crippen LogP contribution in [-0.4, -0.2) is 15.2 Å². The summed E-state index contributed by atoms with van der Waals surface area (Å²) in [4.78, 5) is 4.25. The Morgan fingerprint density at radius 2 is 1.73 bits per heavy atom. The molecule has 0 aliphatic heterocycles. The van der Waals surface area contributed by atoms with E-state index in [4.69, 9.17) is 11.6 Å². The first-order chi connectivity index (χ1) is 12.3. The third-order valence-electron chi connectivity index (χ3n) is 3.48. The summed E-state index contributed by atoms with van der Waals surface area (Å²) in [6.07, 6.45) is -2.94. The lowest BCUT2D eigenvalue weighted by molar-refractivity contribution is -0.137. The second kappa shape index (κ2) is 7.17. The van der Waals surface area contributed by atoms with E-state index in [1.807, 2.05) is 13.0 Å². The number of aryl methyl sites for hydroxylation is 1. The normalized spacial score (nSPS) is 11.3. The summed E-state index contributed by atoms with van der Waals surface area (Å²) in [5, 5.41) is 14.2. The van der Waals surface area contributed by atoms with Crippen LogP contribution in [0.2, 0.25) is 5.02 Å². The zero-order chi connectivity index (χ0) is 18.7. The van der Waals surface area contributed by atoms with Gasteiger partial charge in [0.2, 0.25) is 5.95 Å². The average molecular weight is 380 g/mol. The molecule has 2 aromatic carbocycles. The van der Waals surface area contributed by atoms with E-state index < -0.39 is 11.7 Å². The number of aromatic nitrogens is 3. The maximum atomic E-state index is 12.6. The highest BCUT2D eigenvalue weighted by Crippen LogP contribution is 2.30.